The maximum atomic E-state index is 13.8. The van der Waals surface area contributed by atoms with Crippen LogP contribution in [0.4, 0.5) is 5.69 Å². The Morgan fingerprint density at radius 1 is 1.00 bits per heavy atom. The standard InChI is InChI=1S/C28H32BrN3O5S/c1-4-17-30-28(34)21(2)31(19-22-9-8-10-23(29)18-22)27(33)20-32(24-13-15-25(37-3)16-14-24)38(35,36)26-11-6-5-7-12-26/h5-16,18,21H,4,17,19-20H2,1-3H3,(H,30,34)/t21-/m1/s1. The smallest absolute Gasteiger partial charge is 0.264 e. The van der Waals surface area contributed by atoms with Crippen molar-refractivity contribution in [3.8, 4) is 5.75 Å². The van der Waals surface area contributed by atoms with Gasteiger partial charge < -0.3 is 15.0 Å². The van der Waals surface area contributed by atoms with Crippen molar-refractivity contribution in [1.82, 2.24) is 10.2 Å². The maximum Gasteiger partial charge on any atom is 0.264 e. The fourth-order valence-corrected chi connectivity index (χ4v) is 5.69. The third-order valence-corrected chi connectivity index (χ3v) is 8.21. The zero-order valence-electron chi connectivity index (χ0n) is 21.6. The van der Waals surface area contributed by atoms with E-state index in [1.165, 1.54) is 24.1 Å². The Kier molecular flexibility index (Phi) is 10.3. The lowest BCUT2D eigenvalue weighted by Crippen LogP contribution is -2.51. The van der Waals surface area contributed by atoms with Gasteiger partial charge in [-0.25, -0.2) is 8.42 Å². The van der Waals surface area contributed by atoms with Gasteiger partial charge in [0.2, 0.25) is 11.8 Å². The Bertz CT molecular complexity index is 1330. The van der Waals surface area contributed by atoms with Crippen molar-refractivity contribution in [3.63, 3.8) is 0 Å². The van der Waals surface area contributed by atoms with Crippen LogP contribution in [0.15, 0.2) is 88.2 Å². The first-order valence-corrected chi connectivity index (χ1v) is 14.4. The van der Waals surface area contributed by atoms with Crippen LogP contribution in [0, 0.1) is 0 Å². The summed E-state index contributed by atoms with van der Waals surface area (Å²) in [7, 11) is -2.59. The molecule has 1 atom stereocenters. The molecule has 0 fully saturated rings. The second kappa shape index (κ2) is 13.4. The summed E-state index contributed by atoms with van der Waals surface area (Å²) in [6.45, 7) is 3.69. The van der Waals surface area contributed by atoms with Gasteiger partial charge in [-0.15, -0.1) is 0 Å². The summed E-state index contributed by atoms with van der Waals surface area (Å²) >= 11 is 3.44. The predicted octanol–water partition coefficient (Wildman–Crippen LogP) is 4.60. The second-order valence-corrected chi connectivity index (χ2v) is 11.4. The van der Waals surface area contributed by atoms with E-state index in [1.54, 1.807) is 49.4 Å². The van der Waals surface area contributed by atoms with E-state index in [9.17, 15) is 18.0 Å². The molecule has 3 aromatic rings. The highest BCUT2D eigenvalue weighted by atomic mass is 79.9. The van der Waals surface area contributed by atoms with Gasteiger partial charge in [-0.3, -0.25) is 13.9 Å². The minimum absolute atomic E-state index is 0.0518. The van der Waals surface area contributed by atoms with E-state index in [0.29, 0.717) is 18.0 Å². The molecule has 1 N–H and O–H groups in total. The minimum Gasteiger partial charge on any atom is -0.497 e. The lowest BCUT2D eigenvalue weighted by Gasteiger charge is -2.32. The van der Waals surface area contributed by atoms with Crippen LogP contribution in [-0.4, -0.2) is 51.4 Å². The summed E-state index contributed by atoms with van der Waals surface area (Å²) in [5.74, 6) is -0.272. The number of hydrogen-bond acceptors (Lipinski definition) is 5. The Labute approximate surface area is 232 Å². The first kappa shape index (κ1) is 29.2. The maximum absolute atomic E-state index is 13.8. The van der Waals surface area contributed by atoms with Crippen molar-refractivity contribution < 1.29 is 22.7 Å². The largest absolute Gasteiger partial charge is 0.497 e. The van der Waals surface area contributed by atoms with Crippen molar-refractivity contribution in [3.05, 3.63) is 88.9 Å². The number of rotatable bonds is 12. The fourth-order valence-electron chi connectivity index (χ4n) is 3.81. The molecule has 0 bridgehead atoms. The lowest BCUT2D eigenvalue weighted by molar-refractivity contribution is -0.139. The number of ether oxygens (including phenoxy) is 1. The van der Waals surface area contributed by atoms with E-state index in [2.05, 4.69) is 21.2 Å². The SMILES string of the molecule is CCCNC(=O)[C@@H](C)N(Cc1cccc(Br)c1)C(=O)CN(c1ccc(OC)cc1)S(=O)(=O)c1ccccc1. The molecule has 8 nitrogen and oxygen atoms in total. The molecular formula is C28H32BrN3O5S. The lowest BCUT2D eigenvalue weighted by atomic mass is 10.1. The van der Waals surface area contributed by atoms with Gasteiger partial charge in [-0.05, 0) is 67.4 Å². The number of nitrogens with zero attached hydrogens (tertiary/aromatic N) is 2. The zero-order chi connectivity index (χ0) is 27.7. The third-order valence-electron chi connectivity index (χ3n) is 5.93. The van der Waals surface area contributed by atoms with Crippen LogP contribution in [0.3, 0.4) is 0 Å². The van der Waals surface area contributed by atoms with Crippen LogP contribution in [0.2, 0.25) is 0 Å². The minimum atomic E-state index is -4.11. The molecule has 0 aromatic heterocycles. The number of anilines is 1. The molecular weight excluding hydrogens is 570 g/mol. The van der Waals surface area contributed by atoms with E-state index in [-0.39, 0.29) is 17.3 Å². The van der Waals surface area contributed by atoms with Gasteiger partial charge in [0.05, 0.1) is 17.7 Å². The first-order valence-electron chi connectivity index (χ1n) is 12.2. The summed E-state index contributed by atoms with van der Waals surface area (Å²) < 4.78 is 34.6. The van der Waals surface area contributed by atoms with Gasteiger partial charge in [0.15, 0.2) is 0 Å². The van der Waals surface area contributed by atoms with Crippen LogP contribution in [0.1, 0.15) is 25.8 Å². The van der Waals surface area contributed by atoms with E-state index in [1.807, 2.05) is 31.2 Å². The Morgan fingerprint density at radius 2 is 1.68 bits per heavy atom. The summed E-state index contributed by atoms with van der Waals surface area (Å²) in [6.07, 6.45) is 0.749. The van der Waals surface area contributed by atoms with Gasteiger partial charge in [0, 0.05) is 17.6 Å². The number of amides is 2. The number of carbonyl (C=O) groups excluding carboxylic acids is 2. The van der Waals surface area contributed by atoms with Gasteiger partial charge in [0.25, 0.3) is 10.0 Å². The molecule has 0 saturated carbocycles. The van der Waals surface area contributed by atoms with Crippen molar-refractivity contribution in [2.45, 2.75) is 37.8 Å². The second-order valence-electron chi connectivity index (χ2n) is 8.64. The van der Waals surface area contributed by atoms with Gasteiger partial charge in [-0.2, -0.15) is 0 Å². The topological polar surface area (TPSA) is 96.0 Å². The van der Waals surface area contributed by atoms with Crippen LogP contribution < -0.4 is 14.4 Å². The zero-order valence-corrected chi connectivity index (χ0v) is 24.0. The molecule has 0 aliphatic rings. The average Bonchev–Trinajstić information content (AvgIpc) is 2.93. The molecule has 0 radical (unpaired) electrons. The average molecular weight is 603 g/mol. The van der Waals surface area contributed by atoms with Crippen molar-refractivity contribution in [2.24, 2.45) is 0 Å². The molecule has 0 spiro atoms. The normalized spacial score (nSPS) is 11.9. The van der Waals surface area contributed by atoms with Gasteiger partial charge in [0.1, 0.15) is 18.3 Å². The predicted molar refractivity (Wildman–Crippen MR) is 151 cm³/mol. The Morgan fingerprint density at radius 3 is 2.29 bits per heavy atom. The molecule has 0 unspecified atom stereocenters. The summed E-state index contributed by atoms with van der Waals surface area (Å²) in [4.78, 5) is 28.2. The van der Waals surface area contributed by atoms with E-state index in [0.717, 1.165) is 20.8 Å². The fraction of sp³-hybridized carbons (Fsp3) is 0.286. The molecule has 0 saturated heterocycles. The number of nitrogens with one attached hydrogen (secondary N) is 1. The summed E-state index contributed by atoms with van der Waals surface area (Å²) in [5, 5.41) is 2.83. The quantitative estimate of drug-likeness (QED) is 0.327. The Hall–Kier alpha value is -3.37. The molecule has 0 aliphatic carbocycles. The van der Waals surface area contributed by atoms with Crippen LogP contribution in [0.5, 0.6) is 5.75 Å². The summed E-state index contributed by atoms with van der Waals surface area (Å²) in [6, 6.07) is 21.0. The van der Waals surface area contributed by atoms with Crippen LogP contribution >= 0.6 is 15.9 Å². The monoisotopic (exact) mass is 601 g/mol. The molecule has 3 aromatic carbocycles. The van der Waals surface area contributed by atoms with Crippen LogP contribution in [0.25, 0.3) is 0 Å². The first-order chi connectivity index (χ1) is 18.2. The van der Waals surface area contributed by atoms with E-state index >= 15 is 0 Å². The van der Waals surface area contributed by atoms with Crippen molar-refractivity contribution >= 4 is 43.5 Å². The van der Waals surface area contributed by atoms with Crippen molar-refractivity contribution in [1.29, 1.82) is 0 Å². The number of benzene rings is 3. The van der Waals surface area contributed by atoms with Gasteiger partial charge >= 0.3 is 0 Å². The number of halogens is 1. The van der Waals surface area contributed by atoms with Crippen LogP contribution in [-0.2, 0) is 26.2 Å². The highest BCUT2D eigenvalue weighted by molar-refractivity contribution is 9.10. The molecule has 3 rings (SSSR count). The molecule has 38 heavy (non-hydrogen) atoms. The third kappa shape index (κ3) is 7.35. The van der Waals surface area contributed by atoms with Crippen molar-refractivity contribution in [2.75, 3.05) is 24.5 Å². The van der Waals surface area contributed by atoms with Gasteiger partial charge in [-0.1, -0.05) is 53.2 Å². The highest BCUT2D eigenvalue weighted by Crippen LogP contribution is 2.26. The van der Waals surface area contributed by atoms with E-state index < -0.39 is 28.5 Å². The molecule has 0 heterocycles. The molecule has 10 heteroatoms. The number of methoxy groups -OCH3 is 1. The molecule has 0 aliphatic heterocycles. The van der Waals surface area contributed by atoms with E-state index in [4.69, 9.17) is 4.74 Å². The number of sulfonamides is 1. The molecule has 2 amide bonds. The Balaban J connectivity index is 2.01. The summed E-state index contributed by atoms with van der Waals surface area (Å²) in [5.41, 5.74) is 1.10. The highest BCUT2D eigenvalue weighted by Gasteiger charge is 2.32. The number of carbonyl (C=O) groups is 2. The number of hydrogen-bond donors (Lipinski definition) is 1. The molecule has 202 valence electrons.